The van der Waals surface area contributed by atoms with Crippen molar-refractivity contribution in [3.63, 3.8) is 0 Å². The Kier molecular flexibility index (Phi) is 3.23. The third-order valence-corrected chi connectivity index (χ3v) is 2.77. The molecule has 0 atom stereocenters. The third-order valence-electron chi connectivity index (χ3n) is 2.12. The Bertz CT molecular complexity index is 566. The molecule has 88 valence electrons. The maximum Gasteiger partial charge on any atom is 0.322 e. The number of halogens is 1. The second kappa shape index (κ2) is 4.67. The van der Waals surface area contributed by atoms with E-state index < -0.39 is 0 Å². The quantitative estimate of drug-likeness (QED) is 0.925. The molecule has 17 heavy (non-hydrogen) atoms. The Morgan fingerprint density at radius 2 is 2.12 bits per heavy atom. The van der Waals surface area contributed by atoms with Crippen LogP contribution in [0.15, 0.2) is 27.1 Å². The van der Waals surface area contributed by atoms with Gasteiger partial charge in [-0.05, 0) is 40.5 Å². The number of carbonyl (C=O) groups excluding carboxylic acids is 1. The average Bonchev–Trinajstić information content (AvgIpc) is 2.63. The molecule has 0 saturated heterocycles. The Hall–Kier alpha value is -1.69. The summed E-state index contributed by atoms with van der Waals surface area (Å²) in [6.07, 6.45) is 0. The summed E-state index contributed by atoms with van der Waals surface area (Å²) in [5.41, 5.74) is 1.59. The predicted octanol–water partition coefficient (Wildman–Crippen LogP) is 2.70. The van der Waals surface area contributed by atoms with E-state index in [2.05, 4.69) is 31.4 Å². The van der Waals surface area contributed by atoms with Crippen LogP contribution in [0.5, 0.6) is 0 Å². The molecule has 1 N–H and O–H groups in total. The van der Waals surface area contributed by atoms with Crippen LogP contribution in [0.2, 0.25) is 0 Å². The molecule has 1 amide bonds. The van der Waals surface area contributed by atoms with Gasteiger partial charge in [0, 0.05) is 11.4 Å². The fraction of sp³-hybridized carbons (Fsp3) is 0.182. The zero-order valence-electron chi connectivity index (χ0n) is 9.32. The highest BCUT2D eigenvalue weighted by atomic mass is 79.9. The Balaban J connectivity index is 2.20. The van der Waals surface area contributed by atoms with Gasteiger partial charge in [-0.25, -0.2) is 0 Å². The highest BCUT2D eigenvalue weighted by Gasteiger charge is 2.13. The lowest BCUT2D eigenvalue weighted by molar-refractivity contribution is 0.102. The Labute approximate surface area is 106 Å². The van der Waals surface area contributed by atoms with Crippen LogP contribution < -0.4 is 5.32 Å². The molecule has 2 aromatic rings. The number of hydrogen-bond donors (Lipinski definition) is 1. The van der Waals surface area contributed by atoms with Gasteiger partial charge in [0.2, 0.25) is 5.89 Å². The van der Waals surface area contributed by atoms with Crippen LogP contribution >= 0.6 is 15.9 Å². The van der Waals surface area contributed by atoms with Gasteiger partial charge in [0.1, 0.15) is 0 Å². The van der Waals surface area contributed by atoms with E-state index in [-0.39, 0.29) is 11.9 Å². The lowest BCUT2D eigenvalue weighted by atomic mass is 10.1. The van der Waals surface area contributed by atoms with Gasteiger partial charge in [0.15, 0.2) is 0 Å². The first-order valence-corrected chi connectivity index (χ1v) is 5.73. The number of aromatic nitrogens is 2. The van der Waals surface area contributed by atoms with E-state index in [9.17, 15) is 4.79 Å². The van der Waals surface area contributed by atoms with Crippen LogP contribution in [-0.4, -0.2) is 16.1 Å². The monoisotopic (exact) mass is 295 g/mol. The van der Waals surface area contributed by atoms with Gasteiger partial charge in [0.25, 0.3) is 5.91 Å². The fourth-order valence-electron chi connectivity index (χ4n) is 1.32. The fourth-order valence-corrected chi connectivity index (χ4v) is 1.99. The van der Waals surface area contributed by atoms with E-state index in [1.165, 1.54) is 0 Å². The Morgan fingerprint density at radius 3 is 2.71 bits per heavy atom. The van der Waals surface area contributed by atoms with E-state index in [0.717, 1.165) is 10.0 Å². The highest BCUT2D eigenvalue weighted by Crippen LogP contribution is 2.19. The average molecular weight is 296 g/mol. The van der Waals surface area contributed by atoms with E-state index >= 15 is 0 Å². The van der Waals surface area contributed by atoms with Crippen LogP contribution in [0, 0.1) is 13.8 Å². The maximum absolute atomic E-state index is 11.9. The molecule has 1 aromatic carbocycles. The maximum atomic E-state index is 11.9. The van der Waals surface area contributed by atoms with Crippen molar-refractivity contribution in [2.45, 2.75) is 13.8 Å². The van der Waals surface area contributed by atoms with Gasteiger partial charge in [0.05, 0.1) is 5.56 Å². The second-order valence-corrected chi connectivity index (χ2v) is 4.42. The molecule has 0 fully saturated rings. The molecule has 0 unspecified atom stereocenters. The SMILES string of the molecule is Cc1ccc(C(=O)Nc2nnc(C)o2)c(Br)c1. The molecular formula is C11H10BrN3O2. The first-order valence-electron chi connectivity index (χ1n) is 4.94. The molecular weight excluding hydrogens is 286 g/mol. The number of nitrogens with zero attached hydrogens (tertiary/aromatic N) is 2. The molecule has 0 aliphatic heterocycles. The predicted molar refractivity (Wildman–Crippen MR) is 65.9 cm³/mol. The summed E-state index contributed by atoms with van der Waals surface area (Å²) < 4.78 is 5.80. The van der Waals surface area contributed by atoms with Crippen LogP contribution in [0.25, 0.3) is 0 Å². The summed E-state index contributed by atoms with van der Waals surface area (Å²) in [7, 11) is 0. The highest BCUT2D eigenvalue weighted by molar-refractivity contribution is 9.10. The molecule has 0 aliphatic carbocycles. The number of aryl methyl sites for hydroxylation is 2. The molecule has 1 aromatic heterocycles. The summed E-state index contributed by atoms with van der Waals surface area (Å²) in [5, 5.41) is 9.85. The summed E-state index contributed by atoms with van der Waals surface area (Å²) in [4.78, 5) is 11.9. The summed E-state index contributed by atoms with van der Waals surface area (Å²) in [6, 6.07) is 5.56. The molecule has 2 rings (SSSR count). The number of benzene rings is 1. The smallest absolute Gasteiger partial charge is 0.322 e. The van der Waals surface area contributed by atoms with Crippen LogP contribution in [0.3, 0.4) is 0 Å². The normalized spacial score (nSPS) is 10.3. The van der Waals surface area contributed by atoms with Gasteiger partial charge in [-0.1, -0.05) is 11.2 Å². The van der Waals surface area contributed by atoms with Crippen molar-refractivity contribution in [2.75, 3.05) is 5.32 Å². The topological polar surface area (TPSA) is 68.0 Å². The van der Waals surface area contributed by atoms with Gasteiger partial charge in [-0.2, -0.15) is 0 Å². The molecule has 5 nitrogen and oxygen atoms in total. The van der Waals surface area contributed by atoms with Crippen molar-refractivity contribution in [3.8, 4) is 0 Å². The van der Waals surface area contributed by atoms with Crippen LogP contribution in [0.4, 0.5) is 6.01 Å². The minimum atomic E-state index is -0.291. The number of rotatable bonds is 2. The molecule has 0 bridgehead atoms. The number of carbonyl (C=O) groups is 1. The lowest BCUT2D eigenvalue weighted by Crippen LogP contribution is -2.12. The van der Waals surface area contributed by atoms with Crippen molar-refractivity contribution >= 4 is 27.9 Å². The summed E-state index contributed by atoms with van der Waals surface area (Å²) >= 11 is 3.34. The second-order valence-electron chi connectivity index (χ2n) is 3.56. The minimum Gasteiger partial charge on any atom is -0.408 e. The van der Waals surface area contributed by atoms with Gasteiger partial charge < -0.3 is 4.42 Å². The minimum absolute atomic E-state index is 0.0972. The van der Waals surface area contributed by atoms with Crippen molar-refractivity contribution in [2.24, 2.45) is 0 Å². The van der Waals surface area contributed by atoms with E-state index in [0.29, 0.717) is 11.5 Å². The number of nitrogens with one attached hydrogen (secondary N) is 1. The molecule has 6 heteroatoms. The molecule has 0 saturated carbocycles. The molecule has 1 heterocycles. The Morgan fingerprint density at radius 1 is 1.35 bits per heavy atom. The van der Waals surface area contributed by atoms with Crippen molar-refractivity contribution < 1.29 is 9.21 Å². The van der Waals surface area contributed by atoms with Gasteiger partial charge in [-0.15, -0.1) is 5.10 Å². The molecule has 0 aliphatic rings. The van der Waals surface area contributed by atoms with Gasteiger partial charge in [-0.3, -0.25) is 10.1 Å². The number of hydrogen-bond acceptors (Lipinski definition) is 4. The summed E-state index contributed by atoms with van der Waals surface area (Å²) in [5.74, 6) is 0.115. The van der Waals surface area contributed by atoms with Crippen molar-refractivity contribution in [3.05, 3.63) is 39.7 Å². The van der Waals surface area contributed by atoms with Crippen LogP contribution in [-0.2, 0) is 0 Å². The standard InChI is InChI=1S/C11H10BrN3O2/c1-6-3-4-8(9(12)5-6)10(16)13-11-15-14-7(2)17-11/h3-5H,1-2H3,(H,13,15,16). The van der Waals surface area contributed by atoms with Crippen molar-refractivity contribution in [1.29, 1.82) is 0 Å². The lowest BCUT2D eigenvalue weighted by Gasteiger charge is -2.04. The third kappa shape index (κ3) is 2.71. The van der Waals surface area contributed by atoms with Crippen molar-refractivity contribution in [1.82, 2.24) is 10.2 Å². The van der Waals surface area contributed by atoms with E-state index in [4.69, 9.17) is 4.42 Å². The number of anilines is 1. The number of amides is 1. The van der Waals surface area contributed by atoms with Gasteiger partial charge >= 0.3 is 6.01 Å². The largest absolute Gasteiger partial charge is 0.408 e. The summed E-state index contributed by atoms with van der Waals surface area (Å²) in [6.45, 7) is 3.61. The zero-order chi connectivity index (χ0) is 12.4. The molecule has 0 spiro atoms. The van der Waals surface area contributed by atoms with E-state index in [1.807, 2.05) is 19.1 Å². The first kappa shape index (κ1) is 11.8. The van der Waals surface area contributed by atoms with E-state index in [1.54, 1.807) is 13.0 Å². The molecule has 0 radical (unpaired) electrons. The zero-order valence-corrected chi connectivity index (χ0v) is 10.9. The first-order chi connectivity index (χ1) is 8.06. The van der Waals surface area contributed by atoms with Crippen LogP contribution in [0.1, 0.15) is 21.8 Å².